The van der Waals surface area contributed by atoms with Gasteiger partial charge in [-0.1, -0.05) is 18.2 Å². The second-order valence-corrected chi connectivity index (χ2v) is 9.38. The highest BCUT2D eigenvalue weighted by molar-refractivity contribution is 5.92. The van der Waals surface area contributed by atoms with Crippen LogP contribution in [-0.4, -0.2) is 68.8 Å². The van der Waals surface area contributed by atoms with Crippen LogP contribution in [-0.2, 0) is 11.2 Å². The molecule has 1 N–H and O–H groups in total. The van der Waals surface area contributed by atoms with Crippen molar-refractivity contribution in [1.82, 2.24) is 25.0 Å². The molecular weight excluding hydrogens is 434 g/mol. The molecule has 34 heavy (non-hydrogen) atoms. The second kappa shape index (κ2) is 9.62. The van der Waals surface area contributed by atoms with Crippen LogP contribution >= 0.6 is 0 Å². The SMILES string of the molecule is CC(C)(C)OC(=O)N1CCCN(C(=O)c2cc(Cc3n[nH]c(=O)c4ccccc34)ccn2)CC1. The van der Waals surface area contributed by atoms with Gasteiger partial charge >= 0.3 is 6.09 Å². The number of hydrogen-bond acceptors (Lipinski definition) is 6. The van der Waals surface area contributed by atoms with Gasteiger partial charge in [-0.2, -0.15) is 5.10 Å². The number of aromatic amines is 1. The van der Waals surface area contributed by atoms with E-state index in [1.54, 1.807) is 28.1 Å². The van der Waals surface area contributed by atoms with Crippen molar-refractivity contribution in [2.45, 2.75) is 39.2 Å². The van der Waals surface area contributed by atoms with Crippen LogP contribution in [0.3, 0.4) is 0 Å². The van der Waals surface area contributed by atoms with Crippen LogP contribution in [0.15, 0.2) is 47.4 Å². The Kier molecular flexibility index (Phi) is 6.63. The Hall–Kier alpha value is -3.75. The molecule has 3 aromatic rings. The fourth-order valence-corrected chi connectivity index (χ4v) is 3.99. The van der Waals surface area contributed by atoms with Crippen molar-refractivity contribution in [3.63, 3.8) is 0 Å². The maximum atomic E-state index is 13.2. The monoisotopic (exact) mass is 463 g/mol. The van der Waals surface area contributed by atoms with Crippen molar-refractivity contribution in [2.75, 3.05) is 26.2 Å². The number of nitrogens with zero attached hydrogens (tertiary/aromatic N) is 4. The first kappa shape index (κ1) is 23.4. The zero-order valence-corrected chi connectivity index (χ0v) is 19.7. The van der Waals surface area contributed by atoms with Gasteiger partial charge in [0.05, 0.1) is 11.1 Å². The van der Waals surface area contributed by atoms with Crippen LogP contribution in [0.25, 0.3) is 10.8 Å². The zero-order chi connectivity index (χ0) is 24.3. The first-order chi connectivity index (χ1) is 16.2. The number of fused-ring (bicyclic) bond motifs is 1. The van der Waals surface area contributed by atoms with Crippen molar-refractivity contribution in [3.05, 3.63) is 69.9 Å². The highest BCUT2D eigenvalue weighted by Crippen LogP contribution is 2.18. The minimum atomic E-state index is -0.560. The van der Waals surface area contributed by atoms with E-state index < -0.39 is 5.60 Å². The molecule has 1 aliphatic heterocycles. The third-order valence-electron chi connectivity index (χ3n) is 5.62. The predicted molar refractivity (Wildman–Crippen MR) is 128 cm³/mol. The Balaban J connectivity index is 1.47. The first-order valence-electron chi connectivity index (χ1n) is 11.4. The second-order valence-electron chi connectivity index (χ2n) is 9.38. The summed E-state index contributed by atoms with van der Waals surface area (Å²) in [5.41, 5.74) is 1.15. The molecule has 9 heteroatoms. The van der Waals surface area contributed by atoms with Crippen LogP contribution < -0.4 is 5.56 Å². The number of ether oxygens (including phenoxy) is 1. The summed E-state index contributed by atoms with van der Waals surface area (Å²) in [4.78, 5) is 45.3. The van der Waals surface area contributed by atoms with E-state index in [0.717, 1.165) is 16.6 Å². The van der Waals surface area contributed by atoms with Crippen molar-refractivity contribution in [1.29, 1.82) is 0 Å². The van der Waals surface area contributed by atoms with E-state index in [2.05, 4.69) is 15.2 Å². The van der Waals surface area contributed by atoms with Gasteiger partial charge in [0, 0.05) is 44.2 Å². The smallest absolute Gasteiger partial charge is 0.410 e. The van der Waals surface area contributed by atoms with Crippen molar-refractivity contribution < 1.29 is 14.3 Å². The minimum absolute atomic E-state index is 0.174. The molecule has 1 saturated heterocycles. The summed E-state index contributed by atoms with van der Waals surface area (Å²) < 4.78 is 5.47. The Morgan fingerprint density at radius 3 is 2.50 bits per heavy atom. The molecule has 0 unspecified atom stereocenters. The fraction of sp³-hybridized carbons (Fsp3) is 0.400. The highest BCUT2D eigenvalue weighted by Gasteiger charge is 2.26. The van der Waals surface area contributed by atoms with E-state index in [1.165, 1.54) is 0 Å². The van der Waals surface area contributed by atoms with Gasteiger partial charge in [0.25, 0.3) is 11.5 Å². The largest absolute Gasteiger partial charge is 0.444 e. The van der Waals surface area contributed by atoms with E-state index in [9.17, 15) is 14.4 Å². The summed E-state index contributed by atoms with van der Waals surface area (Å²) in [6.07, 6.45) is 2.37. The summed E-state index contributed by atoms with van der Waals surface area (Å²) in [5, 5.41) is 8.14. The van der Waals surface area contributed by atoms with Crippen molar-refractivity contribution in [2.24, 2.45) is 0 Å². The maximum absolute atomic E-state index is 13.2. The van der Waals surface area contributed by atoms with Crippen LogP contribution in [0, 0.1) is 0 Å². The molecule has 0 spiro atoms. The number of hydrogen-bond donors (Lipinski definition) is 1. The number of rotatable bonds is 3. The molecule has 0 radical (unpaired) electrons. The first-order valence-corrected chi connectivity index (χ1v) is 11.4. The summed E-state index contributed by atoms with van der Waals surface area (Å²) in [7, 11) is 0. The van der Waals surface area contributed by atoms with Crippen LogP contribution in [0.1, 0.15) is 48.9 Å². The van der Waals surface area contributed by atoms with Crippen molar-refractivity contribution >= 4 is 22.8 Å². The standard InChI is InChI=1S/C25H29N5O4/c1-25(2,3)34-24(33)30-12-6-11-29(13-14-30)23(32)21-16-17(9-10-26-21)15-20-18-7-4-5-8-19(18)22(31)28-27-20/h4-5,7-10,16H,6,11-15H2,1-3H3,(H,28,31). The number of carbonyl (C=O) groups is 2. The lowest BCUT2D eigenvalue weighted by atomic mass is 10.0. The number of H-pyrrole nitrogens is 1. The van der Waals surface area contributed by atoms with E-state index in [4.69, 9.17) is 4.74 Å². The van der Waals surface area contributed by atoms with Crippen LogP contribution in [0.2, 0.25) is 0 Å². The molecule has 1 aromatic carbocycles. The summed E-state index contributed by atoms with van der Waals surface area (Å²) in [6, 6.07) is 10.9. The zero-order valence-electron chi connectivity index (χ0n) is 19.7. The number of amides is 2. The molecule has 1 fully saturated rings. The Morgan fingerprint density at radius 2 is 1.74 bits per heavy atom. The molecular formula is C25H29N5O4. The van der Waals surface area contributed by atoms with Gasteiger partial charge in [-0.05, 0) is 51.0 Å². The fourth-order valence-electron chi connectivity index (χ4n) is 3.99. The third-order valence-corrected chi connectivity index (χ3v) is 5.62. The van der Waals surface area contributed by atoms with Gasteiger partial charge in [-0.25, -0.2) is 9.89 Å². The van der Waals surface area contributed by atoms with Crippen LogP contribution in [0.4, 0.5) is 4.79 Å². The Labute approximate surface area is 197 Å². The van der Waals surface area contributed by atoms with Gasteiger partial charge in [0.2, 0.25) is 0 Å². The molecule has 0 saturated carbocycles. The predicted octanol–water partition coefficient (Wildman–Crippen LogP) is 2.99. The number of pyridine rings is 1. The van der Waals surface area contributed by atoms with Gasteiger partial charge in [-0.3, -0.25) is 14.6 Å². The van der Waals surface area contributed by atoms with Gasteiger partial charge in [-0.15, -0.1) is 0 Å². The number of nitrogens with one attached hydrogen (secondary N) is 1. The van der Waals surface area contributed by atoms with E-state index >= 15 is 0 Å². The average Bonchev–Trinajstić information content (AvgIpc) is 3.06. The minimum Gasteiger partial charge on any atom is -0.444 e. The molecule has 9 nitrogen and oxygen atoms in total. The maximum Gasteiger partial charge on any atom is 0.410 e. The van der Waals surface area contributed by atoms with E-state index in [-0.39, 0.29) is 17.6 Å². The highest BCUT2D eigenvalue weighted by atomic mass is 16.6. The lowest BCUT2D eigenvalue weighted by Gasteiger charge is -2.26. The Morgan fingerprint density at radius 1 is 1.03 bits per heavy atom. The molecule has 4 rings (SSSR count). The molecule has 0 atom stereocenters. The average molecular weight is 464 g/mol. The lowest BCUT2D eigenvalue weighted by Crippen LogP contribution is -2.40. The topological polar surface area (TPSA) is 108 Å². The molecule has 0 bridgehead atoms. The van der Waals surface area contributed by atoms with Gasteiger partial charge < -0.3 is 14.5 Å². The quantitative estimate of drug-likeness (QED) is 0.640. The number of benzene rings is 1. The molecule has 2 amide bonds. The summed E-state index contributed by atoms with van der Waals surface area (Å²) >= 11 is 0. The van der Waals surface area contributed by atoms with Gasteiger partial charge in [0.15, 0.2) is 0 Å². The number of aromatic nitrogens is 3. The summed E-state index contributed by atoms with van der Waals surface area (Å²) in [5.74, 6) is -0.174. The van der Waals surface area contributed by atoms with E-state index in [1.807, 2.05) is 45.0 Å². The third kappa shape index (κ3) is 5.41. The summed E-state index contributed by atoms with van der Waals surface area (Å²) in [6.45, 7) is 7.41. The molecule has 2 aromatic heterocycles. The molecule has 1 aliphatic rings. The van der Waals surface area contributed by atoms with Gasteiger partial charge in [0.1, 0.15) is 11.3 Å². The Bertz CT molecular complexity index is 1260. The van der Waals surface area contributed by atoms with E-state index in [0.29, 0.717) is 50.1 Å². The molecule has 3 heterocycles. The van der Waals surface area contributed by atoms with Crippen LogP contribution in [0.5, 0.6) is 0 Å². The normalized spacial score (nSPS) is 14.7. The molecule has 178 valence electrons. The number of carbonyl (C=O) groups excluding carboxylic acids is 2. The lowest BCUT2D eigenvalue weighted by molar-refractivity contribution is 0.0255. The molecule has 0 aliphatic carbocycles. The van der Waals surface area contributed by atoms with Crippen molar-refractivity contribution in [3.8, 4) is 0 Å².